The second kappa shape index (κ2) is 5.06. The van der Waals surface area contributed by atoms with Gasteiger partial charge in [-0.2, -0.15) is 5.01 Å². The Bertz CT molecular complexity index is 414. The Morgan fingerprint density at radius 2 is 1.62 bits per heavy atom. The smallest absolute Gasteiger partial charge is 0.274 e. The van der Waals surface area contributed by atoms with Crippen LogP contribution in [0.4, 0.5) is 0 Å². The van der Waals surface area contributed by atoms with Gasteiger partial charge in [0.25, 0.3) is 5.91 Å². The molecule has 1 aromatic rings. The first-order valence-electron chi connectivity index (χ1n) is 4.69. The summed E-state index contributed by atoms with van der Waals surface area (Å²) in [7, 11) is 0. The standard InChI is InChI=1S/C11H12N2O3/c1-8(14)12-13(9(2)15)11(16)10-6-4-3-5-7-10/h3-7H,1-2H3,(H,12,14). The average molecular weight is 220 g/mol. The van der Waals surface area contributed by atoms with E-state index in [2.05, 4.69) is 5.43 Å². The highest BCUT2D eigenvalue weighted by molar-refractivity contribution is 6.04. The topological polar surface area (TPSA) is 66.5 Å². The zero-order chi connectivity index (χ0) is 12.1. The highest BCUT2D eigenvalue weighted by Crippen LogP contribution is 2.03. The van der Waals surface area contributed by atoms with Crippen LogP contribution in [0.15, 0.2) is 30.3 Å². The number of hydrazine groups is 1. The number of imide groups is 1. The minimum atomic E-state index is -0.552. The fraction of sp³-hybridized carbons (Fsp3) is 0.182. The monoisotopic (exact) mass is 220 g/mol. The lowest BCUT2D eigenvalue weighted by Crippen LogP contribution is -2.48. The zero-order valence-electron chi connectivity index (χ0n) is 9.06. The van der Waals surface area contributed by atoms with Crippen molar-refractivity contribution in [1.29, 1.82) is 0 Å². The zero-order valence-corrected chi connectivity index (χ0v) is 9.06. The highest BCUT2D eigenvalue weighted by Gasteiger charge is 2.20. The molecule has 84 valence electrons. The van der Waals surface area contributed by atoms with Crippen molar-refractivity contribution in [3.05, 3.63) is 35.9 Å². The van der Waals surface area contributed by atoms with E-state index in [4.69, 9.17) is 0 Å². The number of carbonyl (C=O) groups is 3. The maximum absolute atomic E-state index is 11.8. The predicted molar refractivity (Wildman–Crippen MR) is 57.1 cm³/mol. The van der Waals surface area contributed by atoms with Gasteiger partial charge in [0.15, 0.2) is 0 Å². The van der Waals surface area contributed by atoms with E-state index in [-0.39, 0.29) is 0 Å². The summed E-state index contributed by atoms with van der Waals surface area (Å²) in [5, 5.41) is 0.692. The summed E-state index contributed by atoms with van der Waals surface area (Å²) in [6.45, 7) is 2.44. The van der Waals surface area contributed by atoms with Crippen molar-refractivity contribution in [2.75, 3.05) is 0 Å². The van der Waals surface area contributed by atoms with Gasteiger partial charge in [0.2, 0.25) is 11.8 Å². The lowest BCUT2D eigenvalue weighted by atomic mass is 10.2. The summed E-state index contributed by atoms with van der Waals surface area (Å²) >= 11 is 0. The Balaban J connectivity index is 2.92. The van der Waals surface area contributed by atoms with Gasteiger partial charge in [0, 0.05) is 19.4 Å². The number of nitrogens with zero attached hydrogens (tertiary/aromatic N) is 1. The molecule has 0 aromatic heterocycles. The molecule has 0 heterocycles. The molecule has 0 bridgehead atoms. The quantitative estimate of drug-likeness (QED) is 0.709. The molecule has 0 aliphatic heterocycles. The summed E-state index contributed by atoms with van der Waals surface area (Å²) in [6.07, 6.45) is 0. The van der Waals surface area contributed by atoms with Crippen LogP contribution in [0.3, 0.4) is 0 Å². The maximum Gasteiger partial charge on any atom is 0.279 e. The number of carbonyl (C=O) groups excluding carboxylic acids is 3. The van der Waals surface area contributed by atoms with Crippen molar-refractivity contribution in [3.63, 3.8) is 0 Å². The van der Waals surface area contributed by atoms with Crippen LogP contribution in [0.5, 0.6) is 0 Å². The Hall–Kier alpha value is -2.17. The van der Waals surface area contributed by atoms with Gasteiger partial charge in [-0.15, -0.1) is 0 Å². The summed E-state index contributed by atoms with van der Waals surface area (Å²) in [6, 6.07) is 8.26. The molecule has 0 unspecified atom stereocenters. The number of hydrogen-bond acceptors (Lipinski definition) is 3. The van der Waals surface area contributed by atoms with Crippen molar-refractivity contribution >= 4 is 17.7 Å². The summed E-state index contributed by atoms with van der Waals surface area (Å²) in [5.74, 6) is -1.56. The maximum atomic E-state index is 11.8. The summed E-state index contributed by atoms with van der Waals surface area (Å²) < 4.78 is 0. The van der Waals surface area contributed by atoms with Crippen molar-refractivity contribution in [3.8, 4) is 0 Å². The van der Waals surface area contributed by atoms with Crippen molar-refractivity contribution in [2.24, 2.45) is 0 Å². The van der Waals surface area contributed by atoms with Crippen molar-refractivity contribution in [2.45, 2.75) is 13.8 Å². The fourth-order valence-electron chi connectivity index (χ4n) is 1.14. The van der Waals surface area contributed by atoms with Crippen LogP contribution >= 0.6 is 0 Å². The Labute approximate surface area is 93.0 Å². The van der Waals surface area contributed by atoms with Crippen molar-refractivity contribution in [1.82, 2.24) is 10.4 Å². The van der Waals surface area contributed by atoms with E-state index in [9.17, 15) is 14.4 Å². The summed E-state index contributed by atoms with van der Waals surface area (Å²) in [4.78, 5) is 33.8. The van der Waals surface area contributed by atoms with Crippen LogP contribution in [0.1, 0.15) is 24.2 Å². The second-order valence-corrected chi connectivity index (χ2v) is 3.19. The molecular formula is C11H12N2O3. The lowest BCUT2D eigenvalue weighted by Gasteiger charge is -2.18. The molecule has 1 rings (SSSR count). The van der Waals surface area contributed by atoms with Gasteiger partial charge in [-0.05, 0) is 12.1 Å². The number of hydrogen-bond donors (Lipinski definition) is 1. The molecule has 0 aliphatic rings. The molecule has 0 fully saturated rings. The van der Waals surface area contributed by atoms with Gasteiger partial charge in [-0.25, -0.2) is 0 Å². The molecule has 16 heavy (non-hydrogen) atoms. The summed E-state index contributed by atoms with van der Waals surface area (Å²) in [5.41, 5.74) is 2.51. The number of nitrogens with one attached hydrogen (secondary N) is 1. The van der Waals surface area contributed by atoms with E-state index in [1.807, 2.05) is 0 Å². The van der Waals surface area contributed by atoms with Gasteiger partial charge < -0.3 is 0 Å². The van der Waals surface area contributed by atoms with Gasteiger partial charge in [-0.3, -0.25) is 19.8 Å². The van der Waals surface area contributed by atoms with E-state index in [0.29, 0.717) is 10.6 Å². The van der Waals surface area contributed by atoms with Gasteiger partial charge in [0.1, 0.15) is 0 Å². The fourth-order valence-corrected chi connectivity index (χ4v) is 1.14. The third-order valence-electron chi connectivity index (χ3n) is 1.81. The SMILES string of the molecule is CC(=O)NN(C(C)=O)C(=O)c1ccccc1. The normalized spacial score (nSPS) is 9.38. The predicted octanol–water partition coefficient (Wildman–Crippen LogP) is 0.726. The largest absolute Gasteiger partial charge is 0.279 e. The minimum Gasteiger partial charge on any atom is -0.274 e. The van der Waals surface area contributed by atoms with Crippen molar-refractivity contribution < 1.29 is 14.4 Å². The molecule has 3 amide bonds. The van der Waals surface area contributed by atoms with Crippen LogP contribution in [0.25, 0.3) is 0 Å². The third kappa shape index (κ3) is 2.91. The van der Waals surface area contributed by atoms with E-state index in [0.717, 1.165) is 0 Å². The number of amides is 3. The second-order valence-electron chi connectivity index (χ2n) is 3.19. The molecule has 5 nitrogen and oxygen atoms in total. The molecule has 0 spiro atoms. The number of rotatable bonds is 1. The van der Waals surface area contributed by atoms with E-state index < -0.39 is 17.7 Å². The Morgan fingerprint density at radius 1 is 1.06 bits per heavy atom. The molecule has 0 radical (unpaired) electrons. The first kappa shape index (κ1) is 11.9. The van der Waals surface area contributed by atoms with Crippen LogP contribution < -0.4 is 5.43 Å². The third-order valence-corrected chi connectivity index (χ3v) is 1.81. The first-order chi connectivity index (χ1) is 7.52. The van der Waals surface area contributed by atoms with Gasteiger partial charge >= 0.3 is 0 Å². The number of benzene rings is 1. The lowest BCUT2D eigenvalue weighted by molar-refractivity contribution is -0.135. The molecular weight excluding hydrogens is 208 g/mol. The molecule has 0 atom stereocenters. The first-order valence-corrected chi connectivity index (χ1v) is 4.69. The van der Waals surface area contributed by atoms with E-state index in [1.54, 1.807) is 30.3 Å². The molecule has 0 saturated heterocycles. The van der Waals surface area contributed by atoms with E-state index in [1.165, 1.54) is 13.8 Å². The molecule has 1 aromatic carbocycles. The molecule has 0 saturated carbocycles. The molecule has 5 heteroatoms. The average Bonchev–Trinajstić information content (AvgIpc) is 2.25. The Kier molecular flexibility index (Phi) is 3.77. The Morgan fingerprint density at radius 3 is 2.06 bits per heavy atom. The van der Waals surface area contributed by atoms with Crippen LogP contribution in [-0.4, -0.2) is 22.7 Å². The van der Waals surface area contributed by atoms with Crippen LogP contribution in [-0.2, 0) is 9.59 Å². The molecule has 1 N–H and O–H groups in total. The van der Waals surface area contributed by atoms with E-state index >= 15 is 0 Å². The van der Waals surface area contributed by atoms with Crippen LogP contribution in [0, 0.1) is 0 Å². The highest BCUT2D eigenvalue weighted by atomic mass is 16.2. The molecule has 0 aliphatic carbocycles. The van der Waals surface area contributed by atoms with Gasteiger partial charge in [-0.1, -0.05) is 18.2 Å². The minimum absolute atomic E-state index is 0.339. The van der Waals surface area contributed by atoms with Crippen LogP contribution in [0.2, 0.25) is 0 Å². The van der Waals surface area contributed by atoms with Gasteiger partial charge in [0.05, 0.1) is 0 Å².